The van der Waals surface area contributed by atoms with Crippen LogP contribution in [0.5, 0.6) is 0 Å². The first kappa shape index (κ1) is 30.4. The zero-order valence-electron chi connectivity index (χ0n) is 13.9. The van der Waals surface area contributed by atoms with Gasteiger partial charge in [-0.05, 0) is 14.1 Å². The fourth-order valence-electron chi connectivity index (χ4n) is 1.53. The van der Waals surface area contributed by atoms with E-state index < -0.39 is 0 Å². The van der Waals surface area contributed by atoms with Crippen LogP contribution in [0.2, 0.25) is 0 Å². The number of hydrogen-bond donors (Lipinski definition) is 0. The first-order chi connectivity index (χ1) is 8.38. The first-order valence-corrected chi connectivity index (χ1v) is 6.48. The van der Waals surface area contributed by atoms with Gasteiger partial charge in [-0.25, -0.2) is 0 Å². The van der Waals surface area contributed by atoms with Gasteiger partial charge in [0.05, 0.1) is 0 Å². The molecule has 0 heterocycles. The van der Waals surface area contributed by atoms with E-state index in [1.165, 1.54) is 10.8 Å². The van der Waals surface area contributed by atoms with E-state index in [4.69, 9.17) is 0 Å². The molecule has 0 radical (unpaired) electrons. The van der Waals surface area contributed by atoms with Crippen molar-refractivity contribution in [2.75, 3.05) is 20.6 Å². The van der Waals surface area contributed by atoms with Crippen molar-refractivity contribution in [3.8, 4) is 0 Å². The van der Waals surface area contributed by atoms with Crippen molar-refractivity contribution in [1.29, 1.82) is 0 Å². The van der Waals surface area contributed by atoms with Crippen LogP contribution in [0.3, 0.4) is 0 Å². The van der Waals surface area contributed by atoms with Crippen LogP contribution in [0.15, 0.2) is 42.5 Å². The Morgan fingerprint density at radius 2 is 1.55 bits per heavy atom. The van der Waals surface area contributed by atoms with Gasteiger partial charge < -0.3 is 48.5 Å². The van der Waals surface area contributed by atoms with E-state index in [1.54, 1.807) is 0 Å². The van der Waals surface area contributed by atoms with Crippen molar-refractivity contribution in [3.05, 3.63) is 48.9 Å². The second kappa shape index (κ2) is 15.1. The van der Waals surface area contributed by atoms with Crippen molar-refractivity contribution < 1.29 is 63.1 Å². The van der Waals surface area contributed by atoms with Gasteiger partial charge in [0, 0.05) is 25.8 Å². The molecular weight excluding hydrogens is 503 g/mol. The van der Waals surface area contributed by atoms with Gasteiger partial charge in [0.25, 0.3) is 0 Å². The van der Waals surface area contributed by atoms with Crippen LogP contribution in [-0.2, 0) is 25.8 Å². The van der Waals surface area contributed by atoms with E-state index in [0.717, 1.165) is 6.54 Å². The molecule has 2 rings (SSSR count). The summed E-state index contributed by atoms with van der Waals surface area (Å²) in [6.07, 6.45) is 2.31. The van der Waals surface area contributed by atoms with Gasteiger partial charge in [-0.2, -0.15) is 22.9 Å². The third-order valence-electron chi connectivity index (χ3n) is 2.62. The molecule has 0 aliphatic rings. The van der Waals surface area contributed by atoms with Crippen molar-refractivity contribution in [3.63, 3.8) is 0 Å². The summed E-state index contributed by atoms with van der Waals surface area (Å²) in [4.78, 5) is 2.17. The molecule has 2 aromatic carbocycles. The molecule has 0 amide bonds. The quantitative estimate of drug-likeness (QED) is 0.280. The van der Waals surface area contributed by atoms with Crippen LogP contribution in [0.25, 0.3) is 10.8 Å². The van der Waals surface area contributed by atoms with Crippen molar-refractivity contribution >= 4 is 10.8 Å². The third kappa shape index (κ3) is 14.1. The molecule has 0 unspecified atom stereocenters. The monoisotopic (exact) mass is 528 g/mol. The van der Waals surface area contributed by atoms with Gasteiger partial charge in [0.2, 0.25) is 0 Å². The zero-order valence-corrected chi connectivity index (χ0v) is 19.8. The summed E-state index contributed by atoms with van der Waals surface area (Å²) in [6, 6.07) is 14.7. The summed E-state index contributed by atoms with van der Waals surface area (Å²) < 4.78 is 0. The Balaban J connectivity index is -0.000000125. The summed E-state index contributed by atoms with van der Waals surface area (Å²) in [6.45, 7) is 7.73. The number of fused-ring (bicyclic) bond motifs is 1. The second-order valence-corrected chi connectivity index (χ2v) is 5.99. The Bertz CT molecular complexity index is 434. The molecule has 0 N–H and O–H groups in total. The van der Waals surface area contributed by atoms with Crippen molar-refractivity contribution in [2.24, 2.45) is 5.41 Å². The number of halogens is 3. The van der Waals surface area contributed by atoms with Crippen molar-refractivity contribution in [1.82, 2.24) is 4.90 Å². The van der Waals surface area contributed by atoms with Gasteiger partial charge in [-0.1, -0.05) is 26.8 Å². The minimum Gasteiger partial charge on any atom is -1.00 e. The van der Waals surface area contributed by atoms with E-state index >= 15 is 0 Å². The minimum atomic E-state index is 0. The van der Waals surface area contributed by atoms with E-state index in [0.29, 0.717) is 5.41 Å². The Hall–Kier alpha value is 0.530. The molecule has 0 bridgehead atoms. The summed E-state index contributed by atoms with van der Waals surface area (Å²) in [5.74, 6) is 0. The largest absolute Gasteiger partial charge is 1.00 e. The standard InChI is InChI=1S/C9H7.C8H18N.3ClH.Hf/c1-2-5-9-7-3-6-8(9)4-1;1-8(2,3)6-7-9(4)5;;;;/h1-7H;6H,7H2,1-5H3;3*1H;/q2*-1;;;;/p-3. The third-order valence-corrected chi connectivity index (χ3v) is 2.62. The van der Waals surface area contributed by atoms with Gasteiger partial charge >= 0.3 is 0 Å². The number of nitrogens with zero attached hydrogens (tertiary/aromatic N) is 1. The molecule has 0 fully saturated rings. The zero-order chi connectivity index (χ0) is 13.6. The maximum atomic E-state index is 2.31. The van der Waals surface area contributed by atoms with Crippen molar-refractivity contribution in [2.45, 2.75) is 20.8 Å². The molecule has 0 aromatic heterocycles. The van der Waals surface area contributed by atoms with E-state index in [9.17, 15) is 0 Å². The van der Waals surface area contributed by atoms with E-state index in [2.05, 4.69) is 88.7 Å². The van der Waals surface area contributed by atoms with Crippen LogP contribution >= 0.6 is 0 Å². The second-order valence-electron chi connectivity index (χ2n) is 5.99. The Labute approximate surface area is 173 Å². The summed E-state index contributed by atoms with van der Waals surface area (Å²) in [5, 5.41) is 2.66. The van der Waals surface area contributed by atoms with Crippen LogP contribution < -0.4 is 37.2 Å². The Morgan fingerprint density at radius 3 is 1.95 bits per heavy atom. The predicted octanol–water partition coefficient (Wildman–Crippen LogP) is -4.63. The Morgan fingerprint density at radius 1 is 1.00 bits per heavy atom. The fraction of sp³-hybridized carbons (Fsp3) is 0.412. The Kier molecular flexibility index (Phi) is 20.9. The number of rotatable bonds is 2. The molecule has 0 atom stereocenters. The summed E-state index contributed by atoms with van der Waals surface area (Å²) >= 11 is 0. The fourth-order valence-corrected chi connectivity index (χ4v) is 1.53. The average Bonchev–Trinajstić information content (AvgIpc) is 2.74. The van der Waals surface area contributed by atoms with Crippen LogP contribution in [-0.4, -0.2) is 25.5 Å². The molecule has 2 aromatic rings. The molecule has 0 saturated heterocycles. The van der Waals surface area contributed by atoms with Crippen LogP contribution in [0.4, 0.5) is 0 Å². The molecule has 0 aliphatic carbocycles. The minimum absolute atomic E-state index is 0. The summed E-state index contributed by atoms with van der Waals surface area (Å²) in [5.41, 5.74) is 0.365. The normalized spacial score (nSPS) is 9.36. The van der Waals surface area contributed by atoms with Gasteiger partial charge in [0.15, 0.2) is 0 Å². The molecule has 0 saturated carbocycles. The van der Waals surface area contributed by atoms with Gasteiger partial charge in [-0.15, -0.1) is 36.2 Å². The molecule has 5 heteroatoms. The van der Waals surface area contributed by atoms with Gasteiger partial charge in [0.1, 0.15) is 0 Å². The molecule has 128 valence electrons. The molecule has 0 spiro atoms. The average molecular weight is 528 g/mol. The SMILES string of the molecule is CN(C)C[CH-]C(C)(C)C.[Cl-].[Cl-].[Cl-].[Hf].c1ccc2[cH-]ccc2c1. The van der Waals surface area contributed by atoms with E-state index in [-0.39, 0.29) is 63.1 Å². The predicted molar refractivity (Wildman–Crippen MR) is 81.9 cm³/mol. The molecule has 0 aliphatic heterocycles. The molecule has 22 heavy (non-hydrogen) atoms. The number of hydrogen-bond acceptors (Lipinski definition) is 1. The first-order valence-electron chi connectivity index (χ1n) is 6.48. The number of benzene rings is 1. The topological polar surface area (TPSA) is 3.24 Å². The van der Waals surface area contributed by atoms with Crippen LogP contribution in [0.1, 0.15) is 20.8 Å². The van der Waals surface area contributed by atoms with E-state index in [1.807, 2.05) is 0 Å². The molecular formula is C17H25Cl3HfN-5. The maximum absolute atomic E-state index is 2.31. The summed E-state index contributed by atoms with van der Waals surface area (Å²) in [7, 11) is 4.17. The van der Waals surface area contributed by atoms with Crippen LogP contribution in [0, 0.1) is 11.8 Å². The molecule has 1 nitrogen and oxygen atoms in total. The maximum Gasteiger partial charge on any atom is 0 e. The smallest absolute Gasteiger partial charge is 0 e. The van der Waals surface area contributed by atoms with Gasteiger partial charge in [-0.3, -0.25) is 0 Å².